The zero-order valence-electron chi connectivity index (χ0n) is 8.59. The summed E-state index contributed by atoms with van der Waals surface area (Å²) in [6.07, 6.45) is 1.70. The average molecular weight is 296 g/mol. The maximum absolute atomic E-state index is 9.44. The van der Waals surface area contributed by atoms with Crippen LogP contribution in [0.3, 0.4) is 0 Å². The number of fused-ring (bicyclic) bond motifs is 1. The molecule has 2 aromatic rings. The first kappa shape index (κ1) is 14.5. The van der Waals surface area contributed by atoms with E-state index in [4.69, 9.17) is 9.11 Å². The minimum absolute atomic E-state index is 1.03. The summed E-state index contributed by atoms with van der Waals surface area (Å²) in [5.41, 5.74) is 2.12. The minimum atomic E-state index is -5.12. The molecule has 1 aromatic carbocycles. The molecule has 9 nitrogen and oxygen atoms in total. The van der Waals surface area contributed by atoms with Crippen LogP contribution in [0.15, 0.2) is 30.6 Å². The second-order valence-corrected chi connectivity index (χ2v) is 5.10. The van der Waals surface area contributed by atoms with Crippen LogP contribution in [0.1, 0.15) is 0 Å². The van der Waals surface area contributed by atoms with Crippen molar-refractivity contribution < 1.29 is 29.6 Å². The van der Waals surface area contributed by atoms with Crippen LogP contribution in [0, 0.1) is 0 Å². The molecule has 0 radical (unpaired) electrons. The summed E-state index contributed by atoms with van der Waals surface area (Å²) in [5.74, 6) is 0. The third kappa shape index (κ3) is 5.70. The highest BCUT2D eigenvalue weighted by Crippen LogP contribution is 2.05. The lowest BCUT2D eigenvalue weighted by Crippen LogP contribution is -2.10. The molecule has 0 bridgehead atoms. The third-order valence-corrected chi connectivity index (χ3v) is 2.88. The third-order valence-electron chi connectivity index (χ3n) is 1.50. The Morgan fingerprint density at radius 3 is 2.06 bits per heavy atom. The van der Waals surface area contributed by atoms with Crippen LogP contribution >= 0.6 is 0 Å². The monoisotopic (exact) mass is 296 g/mol. The summed E-state index contributed by atoms with van der Waals surface area (Å²) < 4.78 is 55.6. The number of rotatable bonds is 2. The lowest BCUT2D eigenvalue weighted by Gasteiger charge is -1.89. The number of imidazole rings is 1. The van der Waals surface area contributed by atoms with E-state index in [1.165, 1.54) is 0 Å². The Kier molecular flexibility index (Phi) is 4.37. The summed E-state index contributed by atoms with van der Waals surface area (Å²) in [7, 11) is -10.2. The Labute approximate surface area is 102 Å². The zero-order chi connectivity index (χ0) is 13.8. The molecule has 0 saturated carbocycles. The molecule has 2 rings (SSSR count). The molecular formula is C7H8N2O7S2. The summed E-state index contributed by atoms with van der Waals surface area (Å²) in [6.45, 7) is 0. The van der Waals surface area contributed by atoms with E-state index in [2.05, 4.69) is 13.6 Å². The van der Waals surface area contributed by atoms with Gasteiger partial charge in [-0.2, -0.15) is 16.8 Å². The fourth-order valence-corrected chi connectivity index (χ4v) is 1.86. The van der Waals surface area contributed by atoms with Crippen molar-refractivity contribution in [2.75, 3.05) is 0 Å². The second-order valence-electron chi connectivity index (χ2n) is 2.84. The van der Waals surface area contributed by atoms with Crippen molar-refractivity contribution in [2.24, 2.45) is 0 Å². The van der Waals surface area contributed by atoms with Crippen molar-refractivity contribution >= 4 is 31.8 Å². The summed E-state index contributed by atoms with van der Waals surface area (Å²) in [4.78, 5) is 7.07. The van der Waals surface area contributed by atoms with Gasteiger partial charge >= 0.3 is 20.8 Å². The number of hydrogen-bond donors (Lipinski definition) is 3. The number of nitrogens with zero attached hydrogens (tertiary/aromatic N) is 1. The van der Waals surface area contributed by atoms with Crippen molar-refractivity contribution in [1.29, 1.82) is 0 Å². The van der Waals surface area contributed by atoms with Gasteiger partial charge in [0.2, 0.25) is 0 Å². The molecule has 1 aromatic heterocycles. The molecule has 0 unspecified atom stereocenters. The fraction of sp³-hybridized carbons (Fsp3) is 0. The van der Waals surface area contributed by atoms with Gasteiger partial charge < -0.3 is 4.98 Å². The Morgan fingerprint density at radius 2 is 1.61 bits per heavy atom. The van der Waals surface area contributed by atoms with Crippen molar-refractivity contribution in [3.8, 4) is 0 Å². The molecule has 0 atom stereocenters. The molecule has 1 heterocycles. The molecule has 0 amide bonds. The fourth-order valence-electron chi connectivity index (χ4n) is 0.988. The van der Waals surface area contributed by atoms with Crippen LogP contribution in [0.25, 0.3) is 11.0 Å². The first-order chi connectivity index (χ1) is 8.17. The van der Waals surface area contributed by atoms with Crippen LogP contribution in [-0.4, -0.2) is 35.9 Å². The maximum atomic E-state index is 9.44. The van der Waals surface area contributed by atoms with Gasteiger partial charge in [0, 0.05) is 0 Å². The van der Waals surface area contributed by atoms with E-state index in [-0.39, 0.29) is 0 Å². The Hall–Kier alpha value is -1.53. The van der Waals surface area contributed by atoms with E-state index in [0.29, 0.717) is 0 Å². The summed E-state index contributed by atoms with van der Waals surface area (Å²) >= 11 is 0. The standard InChI is InChI=1S/C7H6N2.H2O7S2/c1-2-4-7-6(3-1)8-5-9-7;1-8(2,3)7-9(4,5)6/h1-5H,(H,8,9);(H,1,2,3)(H,4,5,6). The molecule has 11 heteroatoms. The molecule has 0 fully saturated rings. The molecular weight excluding hydrogens is 288 g/mol. The number of aromatic nitrogens is 2. The summed E-state index contributed by atoms with van der Waals surface area (Å²) in [5, 5.41) is 0. The molecule has 3 N–H and O–H groups in total. The highest BCUT2D eigenvalue weighted by atomic mass is 32.3. The first-order valence-corrected chi connectivity index (χ1v) is 6.94. The molecule has 0 aliphatic heterocycles. The first-order valence-electron chi connectivity index (χ1n) is 4.21. The smallest absolute Gasteiger partial charge is 0.345 e. The highest BCUT2D eigenvalue weighted by molar-refractivity contribution is 7.94. The number of hydrogen-bond acceptors (Lipinski definition) is 6. The van der Waals surface area contributed by atoms with Gasteiger partial charge in [-0.3, -0.25) is 9.11 Å². The van der Waals surface area contributed by atoms with Gasteiger partial charge in [-0.1, -0.05) is 12.1 Å². The predicted octanol–water partition coefficient (Wildman–Crippen LogP) is 0.171. The minimum Gasteiger partial charge on any atom is -0.345 e. The van der Waals surface area contributed by atoms with Crippen molar-refractivity contribution in [3.05, 3.63) is 30.6 Å². The second kappa shape index (κ2) is 5.41. The SMILES string of the molecule is O=S(=O)(O)OS(=O)(=O)O.c1ccc2[nH]cnc2c1. The normalized spacial score (nSPS) is 11.9. The number of nitrogens with one attached hydrogen (secondary N) is 1. The Morgan fingerprint density at radius 1 is 1.06 bits per heavy atom. The van der Waals surface area contributed by atoms with Crippen molar-refractivity contribution in [3.63, 3.8) is 0 Å². The van der Waals surface area contributed by atoms with Gasteiger partial charge in [-0.25, -0.2) is 4.98 Å². The van der Waals surface area contributed by atoms with Crippen LogP contribution < -0.4 is 0 Å². The average Bonchev–Trinajstić information content (AvgIpc) is 2.59. The number of aromatic amines is 1. The zero-order valence-corrected chi connectivity index (χ0v) is 10.2. The van der Waals surface area contributed by atoms with Crippen molar-refractivity contribution in [1.82, 2.24) is 9.97 Å². The van der Waals surface area contributed by atoms with E-state index in [1.54, 1.807) is 6.33 Å². The Bertz CT molecular complexity index is 659. The van der Waals surface area contributed by atoms with Crippen LogP contribution in [-0.2, 0) is 24.4 Å². The quantitative estimate of drug-likeness (QED) is 0.664. The van der Waals surface area contributed by atoms with Gasteiger partial charge in [0.1, 0.15) is 0 Å². The largest absolute Gasteiger partial charge is 0.413 e. The summed E-state index contributed by atoms with van der Waals surface area (Å²) in [6, 6.07) is 7.94. The van der Waals surface area contributed by atoms with E-state index >= 15 is 0 Å². The Balaban J connectivity index is 0.000000180. The number of para-hydroxylation sites is 2. The molecule has 0 aliphatic carbocycles. The van der Waals surface area contributed by atoms with E-state index < -0.39 is 20.8 Å². The van der Waals surface area contributed by atoms with Gasteiger partial charge in [0.05, 0.1) is 17.4 Å². The topological polar surface area (TPSA) is 147 Å². The van der Waals surface area contributed by atoms with E-state index in [1.807, 2.05) is 24.3 Å². The molecule has 0 saturated heterocycles. The molecule has 18 heavy (non-hydrogen) atoms. The number of H-pyrrole nitrogens is 1. The molecule has 100 valence electrons. The number of benzene rings is 1. The predicted molar refractivity (Wildman–Crippen MR) is 60.3 cm³/mol. The van der Waals surface area contributed by atoms with Crippen molar-refractivity contribution in [2.45, 2.75) is 0 Å². The molecule has 0 aliphatic rings. The van der Waals surface area contributed by atoms with Gasteiger partial charge in [0.15, 0.2) is 0 Å². The van der Waals surface area contributed by atoms with Gasteiger partial charge in [-0.05, 0) is 12.1 Å². The van der Waals surface area contributed by atoms with Gasteiger partial charge in [0.25, 0.3) is 0 Å². The van der Waals surface area contributed by atoms with Crippen LogP contribution in [0.4, 0.5) is 0 Å². The van der Waals surface area contributed by atoms with Crippen LogP contribution in [0.2, 0.25) is 0 Å². The van der Waals surface area contributed by atoms with E-state index in [9.17, 15) is 16.8 Å². The lowest BCUT2D eigenvalue weighted by molar-refractivity contribution is 0.344. The van der Waals surface area contributed by atoms with Gasteiger partial charge in [-0.15, -0.1) is 3.63 Å². The highest BCUT2D eigenvalue weighted by Gasteiger charge is 2.15. The lowest BCUT2D eigenvalue weighted by atomic mass is 10.3. The van der Waals surface area contributed by atoms with Crippen LogP contribution in [0.5, 0.6) is 0 Å². The maximum Gasteiger partial charge on any atom is 0.413 e. The van der Waals surface area contributed by atoms with E-state index in [0.717, 1.165) is 11.0 Å². The molecule has 0 spiro atoms.